The fourth-order valence-corrected chi connectivity index (χ4v) is 5.26. The van der Waals surface area contributed by atoms with Crippen molar-refractivity contribution < 1.29 is 9.32 Å². The number of benzene rings is 1. The highest BCUT2D eigenvalue weighted by atomic mass is 32.1. The molecule has 0 radical (unpaired) electrons. The van der Waals surface area contributed by atoms with E-state index >= 15 is 0 Å². The first kappa shape index (κ1) is 19.1. The highest BCUT2D eigenvalue weighted by Gasteiger charge is 2.23. The lowest BCUT2D eigenvalue weighted by Gasteiger charge is -2.24. The molecule has 0 bridgehead atoms. The Hall–Kier alpha value is -2.88. The van der Waals surface area contributed by atoms with Crippen molar-refractivity contribution in [3.8, 4) is 10.6 Å². The van der Waals surface area contributed by atoms with Gasteiger partial charge in [-0.05, 0) is 6.92 Å². The third-order valence-electron chi connectivity index (χ3n) is 4.85. The van der Waals surface area contributed by atoms with E-state index in [1.54, 1.807) is 24.3 Å². The molecular formula is C21H19N5O2S2. The zero-order chi connectivity index (χ0) is 20.5. The Morgan fingerprint density at radius 2 is 2.13 bits per heavy atom. The summed E-state index contributed by atoms with van der Waals surface area (Å²) in [4.78, 5) is 25.2. The van der Waals surface area contributed by atoms with Gasteiger partial charge in [-0.25, -0.2) is 9.97 Å². The highest BCUT2D eigenvalue weighted by molar-refractivity contribution is 7.16. The number of hydrogen-bond acceptors (Lipinski definition) is 8. The Morgan fingerprint density at radius 3 is 2.93 bits per heavy atom. The van der Waals surface area contributed by atoms with Crippen molar-refractivity contribution in [3.05, 3.63) is 69.5 Å². The molecule has 5 rings (SSSR count). The summed E-state index contributed by atoms with van der Waals surface area (Å²) in [5.41, 5.74) is 3.56. The van der Waals surface area contributed by atoms with Crippen LogP contribution < -0.4 is 5.32 Å². The topological polar surface area (TPSA) is 84.2 Å². The second kappa shape index (κ2) is 8.10. The van der Waals surface area contributed by atoms with Gasteiger partial charge in [0.2, 0.25) is 0 Å². The molecule has 1 amide bonds. The summed E-state index contributed by atoms with van der Waals surface area (Å²) >= 11 is 3.20. The second-order valence-corrected chi connectivity index (χ2v) is 9.08. The minimum atomic E-state index is -0.300. The number of anilines is 1. The molecule has 0 saturated carbocycles. The van der Waals surface area contributed by atoms with E-state index in [1.165, 1.54) is 16.2 Å². The average Bonchev–Trinajstić information content (AvgIpc) is 3.48. The van der Waals surface area contributed by atoms with Crippen LogP contribution >= 0.6 is 22.7 Å². The summed E-state index contributed by atoms with van der Waals surface area (Å²) in [5, 5.41) is 10.4. The first-order valence-electron chi connectivity index (χ1n) is 9.59. The fourth-order valence-electron chi connectivity index (χ4n) is 3.39. The number of aromatic nitrogens is 3. The molecule has 0 saturated heterocycles. The van der Waals surface area contributed by atoms with Crippen molar-refractivity contribution in [2.45, 2.75) is 26.4 Å². The third kappa shape index (κ3) is 4.04. The summed E-state index contributed by atoms with van der Waals surface area (Å²) in [5.74, 6) is 0.303. The molecule has 9 heteroatoms. The Bertz CT molecular complexity index is 1180. The normalized spacial score (nSPS) is 13.9. The molecule has 0 spiro atoms. The van der Waals surface area contributed by atoms with Gasteiger partial charge in [0.15, 0.2) is 10.8 Å². The van der Waals surface area contributed by atoms with Crippen molar-refractivity contribution in [2.24, 2.45) is 0 Å². The zero-order valence-electron chi connectivity index (χ0n) is 16.3. The predicted octanol–water partition coefficient (Wildman–Crippen LogP) is 4.37. The maximum atomic E-state index is 12.3. The summed E-state index contributed by atoms with van der Waals surface area (Å²) in [6, 6.07) is 11.9. The van der Waals surface area contributed by atoms with Crippen LogP contribution in [0.4, 0.5) is 5.13 Å². The van der Waals surface area contributed by atoms with Crippen molar-refractivity contribution in [2.75, 3.05) is 11.9 Å². The molecule has 1 aliphatic rings. The fraction of sp³-hybridized carbons (Fsp3) is 0.238. The number of aryl methyl sites for hydroxylation is 1. The molecule has 3 aromatic heterocycles. The number of rotatable bonds is 5. The molecule has 4 heterocycles. The molecule has 0 atom stereocenters. The molecule has 0 fully saturated rings. The number of hydrogen-bond donors (Lipinski definition) is 1. The number of nitrogens with zero attached hydrogens (tertiary/aromatic N) is 4. The van der Waals surface area contributed by atoms with E-state index in [0.29, 0.717) is 10.9 Å². The van der Waals surface area contributed by atoms with Crippen molar-refractivity contribution >= 4 is 33.7 Å². The molecule has 30 heavy (non-hydrogen) atoms. The minimum absolute atomic E-state index is 0.264. The number of nitrogens with one attached hydrogen (secondary N) is 1. The second-order valence-electron chi connectivity index (χ2n) is 7.14. The molecule has 4 aromatic rings. The summed E-state index contributed by atoms with van der Waals surface area (Å²) in [6.45, 7) is 4.29. The van der Waals surface area contributed by atoms with E-state index in [9.17, 15) is 4.79 Å². The first-order chi connectivity index (χ1) is 14.6. The molecule has 1 aliphatic heterocycles. The number of fused-ring (bicyclic) bond motifs is 1. The van der Waals surface area contributed by atoms with Gasteiger partial charge >= 0.3 is 0 Å². The predicted molar refractivity (Wildman–Crippen MR) is 117 cm³/mol. The number of carbonyl (C=O) groups is 1. The summed E-state index contributed by atoms with van der Waals surface area (Å²) < 4.78 is 4.97. The Labute approximate surface area is 181 Å². The number of amides is 1. The van der Waals surface area contributed by atoms with Gasteiger partial charge in [0.05, 0.1) is 11.4 Å². The SMILES string of the molecule is Cc1cc(C(=O)Nc2nc3c(s2)CN(Cc2csc(-c4ccccc4)n2)CC3)no1. The highest BCUT2D eigenvalue weighted by Crippen LogP contribution is 2.30. The molecule has 152 valence electrons. The van der Waals surface area contributed by atoms with Crippen LogP contribution in [0.3, 0.4) is 0 Å². The summed E-state index contributed by atoms with van der Waals surface area (Å²) in [7, 11) is 0. The maximum absolute atomic E-state index is 12.3. The van der Waals surface area contributed by atoms with Crippen LogP contribution in [0.2, 0.25) is 0 Å². The minimum Gasteiger partial charge on any atom is -0.361 e. The molecular weight excluding hydrogens is 418 g/mol. The van der Waals surface area contributed by atoms with E-state index in [0.717, 1.165) is 48.0 Å². The maximum Gasteiger partial charge on any atom is 0.279 e. The molecule has 1 aromatic carbocycles. The van der Waals surface area contributed by atoms with E-state index in [-0.39, 0.29) is 11.6 Å². The van der Waals surface area contributed by atoms with Gasteiger partial charge in [-0.3, -0.25) is 15.0 Å². The van der Waals surface area contributed by atoms with Crippen molar-refractivity contribution in [3.63, 3.8) is 0 Å². The van der Waals surface area contributed by atoms with E-state index in [1.807, 2.05) is 18.2 Å². The van der Waals surface area contributed by atoms with Gasteiger partial charge in [0.1, 0.15) is 10.8 Å². The van der Waals surface area contributed by atoms with Gasteiger partial charge in [-0.2, -0.15) is 0 Å². The van der Waals surface area contributed by atoms with Crippen LogP contribution in [0, 0.1) is 6.92 Å². The molecule has 1 N–H and O–H groups in total. The third-order valence-corrected chi connectivity index (χ3v) is 6.79. The largest absolute Gasteiger partial charge is 0.361 e. The quantitative estimate of drug-likeness (QED) is 0.499. The van der Waals surface area contributed by atoms with Crippen LogP contribution in [0.25, 0.3) is 10.6 Å². The van der Waals surface area contributed by atoms with Crippen LogP contribution in [0.1, 0.15) is 32.5 Å². The monoisotopic (exact) mass is 437 g/mol. The first-order valence-corrected chi connectivity index (χ1v) is 11.3. The van der Waals surface area contributed by atoms with E-state index in [4.69, 9.17) is 9.51 Å². The molecule has 7 nitrogen and oxygen atoms in total. The van der Waals surface area contributed by atoms with Crippen LogP contribution in [0.15, 0.2) is 46.3 Å². The van der Waals surface area contributed by atoms with E-state index in [2.05, 4.69) is 37.9 Å². The Balaban J connectivity index is 1.23. The Kier molecular flexibility index (Phi) is 5.16. The number of thiazole rings is 2. The molecule has 0 aliphatic carbocycles. The van der Waals surface area contributed by atoms with Gasteiger partial charge in [-0.15, -0.1) is 22.7 Å². The lowest BCUT2D eigenvalue weighted by atomic mass is 10.2. The summed E-state index contributed by atoms with van der Waals surface area (Å²) in [6.07, 6.45) is 0.862. The van der Waals surface area contributed by atoms with Crippen LogP contribution in [-0.2, 0) is 19.5 Å². The number of carbonyl (C=O) groups excluding carboxylic acids is 1. The average molecular weight is 438 g/mol. The molecule has 0 unspecified atom stereocenters. The van der Waals surface area contributed by atoms with Gasteiger partial charge < -0.3 is 4.52 Å². The Morgan fingerprint density at radius 1 is 1.27 bits per heavy atom. The smallest absolute Gasteiger partial charge is 0.279 e. The lowest BCUT2D eigenvalue weighted by Crippen LogP contribution is -2.29. The van der Waals surface area contributed by atoms with Gasteiger partial charge in [0, 0.05) is 47.9 Å². The zero-order valence-corrected chi connectivity index (χ0v) is 17.9. The lowest BCUT2D eigenvalue weighted by molar-refractivity contribution is 0.101. The van der Waals surface area contributed by atoms with Crippen molar-refractivity contribution in [1.82, 2.24) is 20.0 Å². The van der Waals surface area contributed by atoms with Crippen LogP contribution in [-0.4, -0.2) is 32.5 Å². The van der Waals surface area contributed by atoms with Gasteiger partial charge in [-0.1, -0.05) is 35.5 Å². The standard InChI is InChI=1S/C21H19N5O2S2/c1-13-9-17(25-28-13)19(27)24-21-23-16-7-8-26(11-18(16)30-21)10-15-12-29-20(22-15)14-5-3-2-4-6-14/h2-6,9,12H,7-8,10-11H2,1H3,(H,23,24,27). The van der Waals surface area contributed by atoms with E-state index < -0.39 is 0 Å². The van der Waals surface area contributed by atoms with Crippen molar-refractivity contribution in [1.29, 1.82) is 0 Å². The van der Waals surface area contributed by atoms with Gasteiger partial charge in [0.25, 0.3) is 5.91 Å². The van der Waals surface area contributed by atoms with Crippen LogP contribution in [0.5, 0.6) is 0 Å².